The smallest absolute Gasteiger partial charge is 0.201 e. The Hall–Kier alpha value is -1.30. The fourth-order valence-electron chi connectivity index (χ4n) is 1.40. The molecule has 0 aliphatic rings. The quantitative estimate of drug-likeness (QED) is 0.268. The van der Waals surface area contributed by atoms with E-state index in [9.17, 15) is 29.4 Å². The van der Waals surface area contributed by atoms with Crippen molar-refractivity contribution in [2.45, 2.75) is 12.2 Å². The van der Waals surface area contributed by atoms with Crippen LogP contribution < -0.4 is 10.2 Å². The molecule has 12 heteroatoms. The lowest BCUT2D eigenvalue weighted by atomic mass is 10.2. The van der Waals surface area contributed by atoms with E-state index in [4.69, 9.17) is 33.4 Å². The van der Waals surface area contributed by atoms with Gasteiger partial charge in [0.05, 0.1) is 66.0 Å². The van der Waals surface area contributed by atoms with Crippen molar-refractivity contribution >= 4 is 46.7 Å². The number of carbonyl (C=O) groups excluding carboxylic acids is 4. The summed E-state index contributed by atoms with van der Waals surface area (Å²) in [7, 11) is 11.8. The van der Waals surface area contributed by atoms with Crippen LogP contribution >= 0.6 is 23.2 Å². The molecule has 0 aromatic heterocycles. The fraction of sp³-hybridized carbons (Fsp3) is 0.750. The van der Waals surface area contributed by atoms with Crippen LogP contribution in [0.3, 0.4) is 0 Å². The summed E-state index contributed by atoms with van der Waals surface area (Å²) in [5, 5.41) is 35.7. The van der Waals surface area contributed by atoms with E-state index in [1.165, 1.54) is 0 Å². The molecular weight excluding hydrogens is 419 g/mol. The van der Waals surface area contributed by atoms with Crippen molar-refractivity contribution in [3.8, 4) is 0 Å². The fourth-order valence-corrected chi connectivity index (χ4v) is 1.57. The Bertz CT molecular complexity index is 470. The monoisotopic (exact) mass is 448 g/mol. The first-order valence-electron chi connectivity index (χ1n) is 7.92. The summed E-state index contributed by atoms with van der Waals surface area (Å²) >= 11 is 10.6. The Kier molecular flexibility index (Phi) is 16.4. The number of quaternary nitrogens is 2. The van der Waals surface area contributed by atoms with E-state index in [0.29, 0.717) is 22.1 Å². The number of aliphatic hydroxyl groups excluding tert-OH is 2. The minimum absolute atomic E-state index is 0.101. The number of ketones is 2. The topological polar surface area (TPSA) is 155 Å². The molecule has 0 heterocycles. The highest BCUT2D eigenvalue weighted by Gasteiger charge is 2.17. The van der Waals surface area contributed by atoms with Crippen LogP contribution in [0, 0.1) is 0 Å². The van der Waals surface area contributed by atoms with Crippen molar-refractivity contribution in [1.82, 2.24) is 0 Å². The van der Waals surface area contributed by atoms with Gasteiger partial charge in [-0.05, 0) is 0 Å². The third-order valence-electron chi connectivity index (χ3n) is 2.38. The summed E-state index contributed by atoms with van der Waals surface area (Å²) in [6.07, 6.45) is -4.88. The van der Waals surface area contributed by atoms with Gasteiger partial charge in [-0.15, -0.1) is 23.2 Å². The van der Waals surface area contributed by atoms with Crippen molar-refractivity contribution in [2.75, 3.05) is 67.1 Å². The highest BCUT2D eigenvalue weighted by Crippen LogP contribution is 1.92. The van der Waals surface area contributed by atoms with Crippen molar-refractivity contribution in [3.63, 3.8) is 0 Å². The summed E-state index contributed by atoms with van der Waals surface area (Å²) < 4.78 is 1.32. The Morgan fingerprint density at radius 3 is 1.00 bits per heavy atom. The van der Waals surface area contributed by atoms with Crippen LogP contribution in [0.25, 0.3) is 0 Å². The van der Waals surface area contributed by atoms with Gasteiger partial charge in [-0.2, -0.15) is 0 Å². The molecule has 166 valence electrons. The van der Waals surface area contributed by atoms with Crippen molar-refractivity contribution < 1.29 is 48.6 Å². The number of carbonyl (C=O) groups is 4. The maximum atomic E-state index is 10.7. The molecule has 2 N–H and O–H groups in total. The van der Waals surface area contributed by atoms with Crippen LogP contribution in [0.5, 0.6) is 0 Å². The highest BCUT2D eigenvalue weighted by atomic mass is 35.5. The standard InChI is InChI=1S/2C6H13ClNO.C4H6O6/c2*1-8(2,3)5-6(9)4-7;5-1(3(7)8)2(6)4(9)10/h2*4-5H2,1-3H3;1-2,5-6H,(H,7,8)(H,9,10)/q2*+1;/p-2. The lowest BCUT2D eigenvalue weighted by molar-refractivity contribution is -0.861. The average Bonchev–Trinajstić information content (AvgIpc) is 2.51. The molecule has 0 rings (SSSR count). The molecule has 0 saturated heterocycles. The zero-order valence-electron chi connectivity index (χ0n) is 17.0. The lowest BCUT2D eigenvalue weighted by Gasteiger charge is -2.21. The van der Waals surface area contributed by atoms with E-state index in [1.807, 2.05) is 42.3 Å². The Morgan fingerprint density at radius 1 is 0.714 bits per heavy atom. The zero-order chi connectivity index (χ0) is 23.3. The van der Waals surface area contributed by atoms with Gasteiger partial charge in [-0.3, -0.25) is 9.59 Å². The number of rotatable bonds is 9. The predicted octanol–water partition coefficient (Wildman–Crippen LogP) is -3.79. The largest absolute Gasteiger partial charge is 0.547 e. The Labute approximate surface area is 175 Å². The van der Waals surface area contributed by atoms with Gasteiger partial charge < -0.3 is 39.0 Å². The summed E-state index contributed by atoms with van der Waals surface area (Å²) in [6, 6.07) is 0. The second kappa shape index (κ2) is 14.7. The van der Waals surface area contributed by atoms with E-state index < -0.39 is 24.1 Å². The third-order valence-corrected chi connectivity index (χ3v) is 2.98. The molecule has 0 saturated carbocycles. The van der Waals surface area contributed by atoms with Gasteiger partial charge in [0.2, 0.25) is 11.6 Å². The maximum absolute atomic E-state index is 10.7. The number of likely N-dealkylation sites (N-methyl/N-ethyl adjacent to an activating group) is 2. The van der Waals surface area contributed by atoms with Crippen LogP contribution in [-0.4, -0.2) is 122 Å². The van der Waals surface area contributed by atoms with E-state index in [-0.39, 0.29) is 23.3 Å². The van der Waals surface area contributed by atoms with Crippen molar-refractivity contribution in [1.29, 1.82) is 0 Å². The van der Waals surface area contributed by atoms with E-state index >= 15 is 0 Å². The van der Waals surface area contributed by atoms with Crippen LogP contribution in [0.2, 0.25) is 0 Å². The lowest BCUT2D eigenvalue weighted by Crippen LogP contribution is -2.51. The predicted molar refractivity (Wildman–Crippen MR) is 99.3 cm³/mol. The molecule has 0 spiro atoms. The molecule has 0 bridgehead atoms. The summed E-state index contributed by atoms with van der Waals surface area (Å²) in [5.41, 5.74) is 0. The molecule has 0 radical (unpaired) electrons. The number of Topliss-reactive ketones (excluding diaryl/α,β-unsaturated/α-hetero) is 2. The van der Waals surface area contributed by atoms with Crippen molar-refractivity contribution in [3.05, 3.63) is 0 Å². The molecule has 2 atom stereocenters. The molecule has 0 amide bonds. The minimum atomic E-state index is -2.44. The summed E-state index contributed by atoms with van der Waals surface area (Å²) in [5.74, 6) is -3.65. The molecule has 0 aromatic carbocycles. The second-order valence-electron chi connectivity index (χ2n) is 7.77. The first-order chi connectivity index (χ1) is 12.4. The molecule has 0 aliphatic carbocycles. The number of carboxylic acids is 2. The number of hydrogen-bond acceptors (Lipinski definition) is 8. The molecule has 0 fully saturated rings. The third kappa shape index (κ3) is 22.7. The van der Waals surface area contributed by atoms with Gasteiger partial charge in [0.15, 0.2) is 0 Å². The number of halogens is 2. The summed E-state index contributed by atoms with van der Waals surface area (Å²) in [4.78, 5) is 40.6. The van der Waals surface area contributed by atoms with Gasteiger partial charge in [0.1, 0.15) is 25.3 Å². The average molecular weight is 449 g/mol. The van der Waals surface area contributed by atoms with E-state index in [2.05, 4.69) is 0 Å². The van der Waals surface area contributed by atoms with Crippen LogP contribution in [0.15, 0.2) is 0 Å². The molecular formula is C16H30Cl2N2O8. The highest BCUT2D eigenvalue weighted by molar-refractivity contribution is 6.28. The van der Waals surface area contributed by atoms with Gasteiger partial charge >= 0.3 is 0 Å². The molecule has 0 aromatic rings. The van der Waals surface area contributed by atoms with Gasteiger partial charge in [-0.1, -0.05) is 0 Å². The molecule has 0 aliphatic heterocycles. The van der Waals surface area contributed by atoms with Crippen LogP contribution in [-0.2, 0) is 19.2 Å². The number of alkyl halides is 2. The van der Waals surface area contributed by atoms with Gasteiger partial charge in [0.25, 0.3) is 0 Å². The van der Waals surface area contributed by atoms with E-state index in [1.54, 1.807) is 0 Å². The van der Waals surface area contributed by atoms with E-state index in [0.717, 1.165) is 0 Å². The number of aliphatic hydroxyl groups is 2. The number of carboxylic acid groups (broad SMARTS) is 2. The Morgan fingerprint density at radius 2 is 0.929 bits per heavy atom. The van der Waals surface area contributed by atoms with Gasteiger partial charge in [0, 0.05) is 0 Å². The Balaban J connectivity index is -0.000000336. The van der Waals surface area contributed by atoms with Crippen LogP contribution in [0.4, 0.5) is 0 Å². The summed E-state index contributed by atoms with van der Waals surface area (Å²) in [6.45, 7) is 1.03. The minimum Gasteiger partial charge on any atom is -0.547 e. The second-order valence-corrected chi connectivity index (χ2v) is 8.30. The SMILES string of the molecule is C[N+](C)(C)CC(=O)CCl.C[N+](C)(C)CC(=O)CCl.O=C([O-])C(O)C(O)C(=O)[O-]. The first kappa shape index (κ1) is 31.4. The van der Waals surface area contributed by atoms with Crippen molar-refractivity contribution in [2.24, 2.45) is 0 Å². The molecule has 2 unspecified atom stereocenters. The number of aliphatic carboxylic acids is 2. The normalized spacial score (nSPS) is 13.1. The number of hydrogen-bond donors (Lipinski definition) is 2. The maximum Gasteiger partial charge on any atom is 0.201 e. The number of nitrogens with zero attached hydrogens (tertiary/aromatic N) is 2. The van der Waals surface area contributed by atoms with Crippen LogP contribution in [0.1, 0.15) is 0 Å². The molecule has 28 heavy (non-hydrogen) atoms. The zero-order valence-corrected chi connectivity index (χ0v) is 18.5. The van der Waals surface area contributed by atoms with Gasteiger partial charge in [-0.25, -0.2) is 0 Å². The molecule has 10 nitrogen and oxygen atoms in total. The first-order valence-corrected chi connectivity index (χ1v) is 8.99.